The van der Waals surface area contributed by atoms with Crippen molar-refractivity contribution in [2.24, 2.45) is 5.14 Å². The number of nitrogens with one attached hydrogen (secondary N) is 1. The van der Waals surface area contributed by atoms with E-state index < -0.39 is 10.0 Å². The van der Waals surface area contributed by atoms with E-state index in [4.69, 9.17) is 5.14 Å². The number of hydrogen-bond donors (Lipinski definition) is 2. The zero-order chi connectivity index (χ0) is 17.3. The van der Waals surface area contributed by atoms with E-state index in [2.05, 4.69) is 23.2 Å². The van der Waals surface area contributed by atoms with E-state index in [9.17, 15) is 13.2 Å². The highest BCUT2D eigenvalue weighted by molar-refractivity contribution is 7.89. The average molecular weight is 345 g/mol. The molecule has 1 amide bonds. The molecule has 1 aliphatic rings. The molecular formula is C17H19N3O3S. The molecule has 1 atom stereocenters. The maximum Gasteiger partial charge on any atom is 0.243 e. The second-order valence-corrected chi connectivity index (χ2v) is 7.49. The zero-order valence-corrected chi connectivity index (χ0v) is 14.1. The fraction of sp³-hybridized carbons (Fsp3) is 0.235. The van der Waals surface area contributed by atoms with Gasteiger partial charge in [0.05, 0.1) is 11.4 Å². The van der Waals surface area contributed by atoms with Crippen molar-refractivity contribution in [2.75, 3.05) is 16.8 Å². The van der Waals surface area contributed by atoms with Crippen molar-refractivity contribution in [3.8, 4) is 0 Å². The number of carbonyl (C=O) groups is 1. The van der Waals surface area contributed by atoms with Gasteiger partial charge in [0.15, 0.2) is 0 Å². The molecule has 126 valence electrons. The Morgan fingerprint density at radius 2 is 1.88 bits per heavy atom. The lowest BCUT2D eigenvalue weighted by Crippen LogP contribution is -2.37. The van der Waals surface area contributed by atoms with Gasteiger partial charge in [-0.1, -0.05) is 18.2 Å². The van der Waals surface area contributed by atoms with Crippen LogP contribution < -0.4 is 15.4 Å². The van der Waals surface area contributed by atoms with Gasteiger partial charge in [-0.05, 0) is 49.2 Å². The number of nitrogens with zero attached hydrogens (tertiary/aromatic N) is 1. The molecule has 0 bridgehead atoms. The molecule has 0 aliphatic carbocycles. The Hall–Kier alpha value is -2.38. The summed E-state index contributed by atoms with van der Waals surface area (Å²) in [6.45, 7) is 2.34. The standard InChI is InChI=1S/C17H19N3O3S/c1-12-10-13-4-2-3-5-16(13)20(12)11-17(21)19-14-6-8-15(9-7-14)24(18,22)23/h2-9,12H,10-11H2,1H3,(H,19,21)(H2,18,22,23)/t12-/m0/s1. The molecule has 7 heteroatoms. The van der Waals surface area contributed by atoms with Gasteiger partial charge in [-0.15, -0.1) is 0 Å². The maximum atomic E-state index is 12.3. The minimum atomic E-state index is -3.73. The van der Waals surface area contributed by atoms with Crippen molar-refractivity contribution in [1.82, 2.24) is 0 Å². The van der Waals surface area contributed by atoms with Crippen LogP contribution >= 0.6 is 0 Å². The van der Waals surface area contributed by atoms with Crippen LogP contribution in [0.5, 0.6) is 0 Å². The van der Waals surface area contributed by atoms with E-state index in [0.29, 0.717) is 5.69 Å². The van der Waals surface area contributed by atoms with Crippen molar-refractivity contribution in [1.29, 1.82) is 0 Å². The van der Waals surface area contributed by atoms with Gasteiger partial charge in [0.1, 0.15) is 0 Å². The van der Waals surface area contributed by atoms with Gasteiger partial charge in [0.25, 0.3) is 0 Å². The minimum Gasteiger partial charge on any atom is -0.359 e. The van der Waals surface area contributed by atoms with Gasteiger partial charge in [0, 0.05) is 17.4 Å². The summed E-state index contributed by atoms with van der Waals surface area (Å²) in [7, 11) is -3.73. The minimum absolute atomic E-state index is 0.0163. The predicted molar refractivity (Wildman–Crippen MR) is 93.4 cm³/mol. The third kappa shape index (κ3) is 3.42. The summed E-state index contributed by atoms with van der Waals surface area (Å²) in [5, 5.41) is 7.84. The summed E-state index contributed by atoms with van der Waals surface area (Å²) in [5.41, 5.74) is 2.87. The Morgan fingerprint density at radius 1 is 1.21 bits per heavy atom. The number of hydrogen-bond acceptors (Lipinski definition) is 4. The van der Waals surface area contributed by atoms with Gasteiger partial charge in [-0.25, -0.2) is 13.6 Å². The smallest absolute Gasteiger partial charge is 0.243 e. The molecule has 3 N–H and O–H groups in total. The van der Waals surface area contributed by atoms with Crippen LogP contribution in [0.15, 0.2) is 53.4 Å². The first-order chi connectivity index (χ1) is 11.3. The van der Waals surface area contributed by atoms with Crippen LogP contribution in [0.3, 0.4) is 0 Å². The molecule has 0 radical (unpaired) electrons. The summed E-state index contributed by atoms with van der Waals surface area (Å²) in [4.78, 5) is 14.4. The molecule has 1 heterocycles. The summed E-state index contributed by atoms with van der Waals surface area (Å²) < 4.78 is 22.5. The van der Waals surface area contributed by atoms with Crippen LogP contribution in [0.4, 0.5) is 11.4 Å². The van der Waals surface area contributed by atoms with Crippen LogP contribution in [0.2, 0.25) is 0 Å². The number of para-hydroxylation sites is 1. The highest BCUT2D eigenvalue weighted by Crippen LogP contribution is 2.31. The quantitative estimate of drug-likeness (QED) is 0.882. The largest absolute Gasteiger partial charge is 0.359 e. The molecule has 0 saturated carbocycles. The van der Waals surface area contributed by atoms with Gasteiger partial charge < -0.3 is 10.2 Å². The Kier molecular flexibility index (Phi) is 4.29. The Bertz CT molecular complexity index is 863. The average Bonchev–Trinajstić information content (AvgIpc) is 2.83. The molecule has 1 aliphatic heterocycles. The maximum absolute atomic E-state index is 12.3. The molecule has 24 heavy (non-hydrogen) atoms. The lowest BCUT2D eigenvalue weighted by atomic mass is 10.1. The second-order valence-electron chi connectivity index (χ2n) is 5.93. The van der Waals surface area contributed by atoms with E-state index in [0.717, 1.165) is 12.1 Å². The highest BCUT2D eigenvalue weighted by Gasteiger charge is 2.26. The Balaban J connectivity index is 1.68. The summed E-state index contributed by atoms with van der Waals surface area (Å²) in [5.74, 6) is -0.151. The van der Waals surface area contributed by atoms with Crippen LogP contribution in [0.1, 0.15) is 12.5 Å². The molecule has 0 unspecified atom stereocenters. The number of primary sulfonamides is 1. The lowest BCUT2D eigenvalue weighted by molar-refractivity contribution is -0.115. The molecule has 3 rings (SSSR count). The Labute approximate surface area is 141 Å². The van der Waals surface area contributed by atoms with E-state index in [-0.39, 0.29) is 23.4 Å². The number of rotatable bonds is 4. The van der Waals surface area contributed by atoms with Gasteiger partial charge in [-0.2, -0.15) is 0 Å². The fourth-order valence-electron chi connectivity index (χ4n) is 2.95. The molecule has 0 saturated heterocycles. The topological polar surface area (TPSA) is 92.5 Å². The molecule has 6 nitrogen and oxygen atoms in total. The molecular weight excluding hydrogens is 326 g/mol. The van der Waals surface area contributed by atoms with E-state index >= 15 is 0 Å². The van der Waals surface area contributed by atoms with Crippen LogP contribution in [-0.4, -0.2) is 26.9 Å². The third-order valence-corrected chi connectivity index (χ3v) is 5.06. The van der Waals surface area contributed by atoms with E-state index in [1.54, 1.807) is 0 Å². The SMILES string of the molecule is C[C@H]1Cc2ccccc2N1CC(=O)Nc1ccc(S(N)(=O)=O)cc1. The van der Waals surface area contributed by atoms with Crippen molar-refractivity contribution in [3.63, 3.8) is 0 Å². The molecule has 2 aromatic rings. The van der Waals surface area contributed by atoms with Crippen molar-refractivity contribution in [2.45, 2.75) is 24.3 Å². The first-order valence-corrected chi connectivity index (χ1v) is 9.16. The van der Waals surface area contributed by atoms with Gasteiger partial charge in [0.2, 0.25) is 15.9 Å². The van der Waals surface area contributed by atoms with E-state index in [1.165, 1.54) is 29.8 Å². The van der Waals surface area contributed by atoms with Crippen LogP contribution in [-0.2, 0) is 21.2 Å². The molecule has 0 aromatic heterocycles. The molecule has 0 fully saturated rings. The predicted octanol–water partition coefficient (Wildman–Crippen LogP) is 1.72. The van der Waals surface area contributed by atoms with Crippen molar-refractivity contribution < 1.29 is 13.2 Å². The third-order valence-electron chi connectivity index (χ3n) is 4.13. The van der Waals surface area contributed by atoms with E-state index in [1.807, 2.05) is 18.2 Å². The van der Waals surface area contributed by atoms with Gasteiger partial charge in [-0.3, -0.25) is 4.79 Å². The lowest BCUT2D eigenvalue weighted by Gasteiger charge is -2.24. The Morgan fingerprint density at radius 3 is 2.54 bits per heavy atom. The monoisotopic (exact) mass is 345 g/mol. The highest BCUT2D eigenvalue weighted by atomic mass is 32.2. The first kappa shape index (κ1) is 16.5. The fourth-order valence-corrected chi connectivity index (χ4v) is 3.47. The number of anilines is 2. The number of sulfonamides is 1. The number of benzene rings is 2. The van der Waals surface area contributed by atoms with Crippen molar-refractivity contribution >= 4 is 27.3 Å². The molecule has 0 spiro atoms. The molecule has 2 aromatic carbocycles. The first-order valence-electron chi connectivity index (χ1n) is 7.62. The second kappa shape index (κ2) is 6.26. The summed E-state index contributed by atoms with van der Waals surface area (Å²) in [6.07, 6.45) is 0.923. The van der Waals surface area contributed by atoms with Gasteiger partial charge >= 0.3 is 0 Å². The number of nitrogens with two attached hydrogens (primary N) is 1. The normalized spacial score (nSPS) is 16.8. The van der Waals surface area contributed by atoms with Crippen LogP contribution in [0.25, 0.3) is 0 Å². The van der Waals surface area contributed by atoms with Crippen molar-refractivity contribution in [3.05, 3.63) is 54.1 Å². The summed E-state index contributed by atoms with van der Waals surface area (Å²) >= 11 is 0. The summed E-state index contributed by atoms with van der Waals surface area (Å²) in [6, 6.07) is 14.1. The number of fused-ring (bicyclic) bond motifs is 1. The number of carbonyl (C=O) groups excluding carboxylic acids is 1. The zero-order valence-electron chi connectivity index (χ0n) is 13.3. The number of amides is 1. The van der Waals surface area contributed by atoms with Crippen LogP contribution in [0, 0.1) is 0 Å².